The van der Waals surface area contributed by atoms with Crippen LogP contribution in [0.3, 0.4) is 0 Å². The summed E-state index contributed by atoms with van der Waals surface area (Å²) in [6.45, 7) is 2.54. The van der Waals surface area contributed by atoms with E-state index >= 15 is 0 Å². The molecule has 0 bridgehead atoms. The van der Waals surface area contributed by atoms with Crippen LogP contribution in [0.1, 0.15) is 24.1 Å². The molecule has 2 amide bonds. The summed E-state index contributed by atoms with van der Waals surface area (Å²) < 4.78 is 17.6. The average molecular weight is 843 g/mol. The zero-order chi connectivity index (χ0) is 39.8. The highest BCUT2D eigenvalue weighted by molar-refractivity contribution is 8.00. The van der Waals surface area contributed by atoms with E-state index < -0.39 is 0 Å². The first-order valence-corrected chi connectivity index (χ1v) is 22.0. The number of nitrogens with one attached hydrogen (secondary N) is 2. The van der Waals surface area contributed by atoms with Gasteiger partial charge in [0, 0.05) is 38.1 Å². The van der Waals surface area contributed by atoms with Gasteiger partial charge in [0.05, 0.1) is 24.1 Å². The fourth-order valence-corrected chi connectivity index (χ4v) is 9.30. The Bertz CT molecular complexity index is 2610. The van der Waals surface area contributed by atoms with Gasteiger partial charge in [-0.2, -0.15) is 11.3 Å². The number of hydrogen-bond donors (Lipinski definition) is 2. The predicted molar refractivity (Wildman–Crippen MR) is 233 cm³/mol. The van der Waals surface area contributed by atoms with Gasteiger partial charge in [-0.1, -0.05) is 96.3 Å². The summed E-state index contributed by atoms with van der Waals surface area (Å²) in [6.07, 6.45) is 0. The number of para-hydroxylation sites is 1. The van der Waals surface area contributed by atoms with Crippen molar-refractivity contribution in [1.82, 2.24) is 29.5 Å². The molecule has 1 atom stereocenters. The molecule has 4 heterocycles. The third-order valence-corrected chi connectivity index (χ3v) is 12.7. The van der Waals surface area contributed by atoms with Crippen molar-refractivity contribution in [3.8, 4) is 33.2 Å². The molecule has 0 spiro atoms. The zero-order valence-corrected chi connectivity index (χ0v) is 34.3. The molecule has 4 aromatic heterocycles. The standard InChI is InChI=1S/C43H35FN8O2S4/c1-28(30-8-4-2-5-9-30)52-41(48-50-43(52)58-27-39(54)45-35-10-6-3-7-11-35)33-22-37(56-25-33)31-14-18-36(19-15-31)46-38(53)26-57-42-49-47-40(32-20-21-55-24-32)51(42)23-29-12-16-34(44)17-13-29/h2-22,24-25,28H,23,26-27H2,1H3,(H,45,54)(H,46,53). The minimum absolute atomic E-state index is 0.0931. The number of halogens is 1. The van der Waals surface area contributed by atoms with E-state index in [4.69, 9.17) is 0 Å². The third kappa shape index (κ3) is 9.29. The second kappa shape index (κ2) is 18.2. The van der Waals surface area contributed by atoms with E-state index in [1.54, 1.807) is 34.8 Å². The lowest BCUT2D eigenvalue weighted by molar-refractivity contribution is -0.114. The van der Waals surface area contributed by atoms with Crippen LogP contribution in [0.2, 0.25) is 0 Å². The molecular weight excluding hydrogens is 808 g/mol. The molecule has 58 heavy (non-hydrogen) atoms. The summed E-state index contributed by atoms with van der Waals surface area (Å²) in [6, 6.07) is 37.6. The Balaban J connectivity index is 0.938. The lowest BCUT2D eigenvalue weighted by Crippen LogP contribution is -2.15. The summed E-state index contributed by atoms with van der Waals surface area (Å²) in [5, 5.41) is 31.2. The zero-order valence-electron chi connectivity index (χ0n) is 31.0. The Kier molecular flexibility index (Phi) is 12.2. The van der Waals surface area contributed by atoms with Crippen LogP contribution < -0.4 is 10.6 Å². The van der Waals surface area contributed by atoms with Gasteiger partial charge in [0.15, 0.2) is 22.0 Å². The highest BCUT2D eigenvalue weighted by Crippen LogP contribution is 2.37. The summed E-state index contributed by atoms with van der Waals surface area (Å²) in [5.74, 6) is 1.11. The topological polar surface area (TPSA) is 120 Å². The fourth-order valence-electron chi connectivity index (χ4n) is 6.22. The summed E-state index contributed by atoms with van der Waals surface area (Å²) in [5.41, 5.74) is 6.26. The number of anilines is 2. The summed E-state index contributed by atoms with van der Waals surface area (Å²) >= 11 is 5.81. The molecule has 4 aromatic carbocycles. The van der Waals surface area contributed by atoms with Gasteiger partial charge in [-0.3, -0.25) is 18.7 Å². The van der Waals surface area contributed by atoms with Gasteiger partial charge in [-0.15, -0.1) is 31.7 Å². The first-order valence-electron chi connectivity index (χ1n) is 18.2. The number of amides is 2. The van der Waals surface area contributed by atoms with Crippen molar-refractivity contribution in [2.75, 3.05) is 22.1 Å². The number of hydrogen-bond acceptors (Lipinski definition) is 10. The largest absolute Gasteiger partial charge is 0.325 e. The number of nitrogens with zero attached hydrogens (tertiary/aromatic N) is 6. The summed E-state index contributed by atoms with van der Waals surface area (Å²) in [4.78, 5) is 27.0. The summed E-state index contributed by atoms with van der Waals surface area (Å²) in [7, 11) is 0. The first kappa shape index (κ1) is 39.0. The Morgan fingerprint density at radius 3 is 2.02 bits per heavy atom. The monoisotopic (exact) mass is 842 g/mol. The number of aromatic nitrogens is 6. The van der Waals surface area contributed by atoms with Crippen LogP contribution in [0, 0.1) is 5.82 Å². The average Bonchev–Trinajstić information content (AvgIpc) is 4.09. The van der Waals surface area contributed by atoms with Gasteiger partial charge in [-0.25, -0.2) is 4.39 Å². The lowest BCUT2D eigenvalue weighted by atomic mass is 10.1. The smallest absolute Gasteiger partial charge is 0.234 e. The molecular formula is C43H35FN8O2S4. The quantitative estimate of drug-likeness (QED) is 0.0980. The number of carbonyl (C=O) groups is 2. The molecule has 0 fully saturated rings. The SMILES string of the molecule is CC(c1ccccc1)n1c(SCC(=O)Nc2ccccc2)nnc1-c1csc(-c2ccc(NC(=O)CSc3nnc(-c4ccsc4)n3Cc3ccc(F)cc3)cc2)c1. The molecule has 2 N–H and O–H groups in total. The van der Waals surface area contributed by atoms with Crippen LogP contribution in [0.4, 0.5) is 15.8 Å². The van der Waals surface area contributed by atoms with Crippen LogP contribution in [0.15, 0.2) is 148 Å². The molecule has 0 radical (unpaired) electrons. The van der Waals surface area contributed by atoms with E-state index in [1.807, 2.05) is 94.2 Å². The van der Waals surface area contributed by atoms with E-state index in [-0.39, 0.29) is 35.2 Å². The van der Waals surface area contributed by atoms with E-state index in [0.717, 1.165) is 38.4 Å². The second-order valence-corrected chi connectivity index (χ2v) is 16.7. The van der Waals surface area contributed by atoms with E-state index in [0.29, 0.717) is 34.2 Å². The van der Waals surface area contributed by atoms with Gasteiger partial charge in [0.25, 0.3) is 0 Å². The normalized spacial score (nSPS) is 11.7. The maximum absolute atomic E-state index is 13.6. The Labute approximate surface area is 350 Å². The van der Waals surface area contributed by atoms with Crippen LogP contribution in [-0.4, -0.2) is 52.8 Å². The Hall–Kier alpha value is -5.87. The van der Waals surface area contributed by atoms with Crippen molar-refractivity contribution in [3.63, 3.8) is 0 Å². The highest BCUT2D eigenvalue weighted by atomic mass is 32.2. The van der Waals surface area contributed by atoms with Crippen LogP contribution in [0.5, 0.6) is 0 Å². The van der Waals surface area contributed by atoms with Gasteiger partial charge in [0.2, 0.25) is 11.8 Å². The van der Waals surface area contributed by atoms with Crippen LogP contribution >= 0.6 is 46.2 Å². The van der Waals surface area contributed by atoms with Crippen molar-refractivity contribution in [3.05, 3.63) is 154 Å². The maximum atomic E-state index is 13.6. The molecule has 10 nitrogen and oxygen atoms in total. The Morgan fingerprint density at radius 1 is 0.690 bits per heavy atom. The molecule has 8 rings (SSSR count). The Morgan fingerprint density at radius 2 is 1.33 bits per heavy atom. The van der Waals surface area contributed by atoms with Gasteiger partial charge < -0.3 is 10.6 Å². The van der Waals surface area contributed by atoms with Gasteiger partial charge in [0.1, 0.15) is 5.82 Å². The molecule has 1 unspecified atom stereocenters. The predicted octanol–water partition coefficient (Wildman–Crippen LogP) is 10.3. The third-order valence-electron chi connectivity index (χ3n) is 9.12. The fraction of sp³-hybridized carbons (Fsp3) is 0.116. The number of thioether (sulfide) groups is 2. The lowest BCUT2D eigenvalue weighted by Gasteiger charge is -2.18. The van der Waals surface area contributed by atoms with Gasteiger partial charge >= 0.3 is 0 Å². The second-order valence-electron chi connectivity index (χ2n) is 13.1. The first-order chi connectivity index (χ1) is 28.4. The van der Waals surface area contributed by atoms with Gasteiger partial charge in [-0.05, 0) is 77.5 Å². The molecule has 0 saturated carbocycles. The van der Waals surface area contributed by atoms with Crippen LogP contribution in [0.25, 0.3) is 33.2 Å². The van der Waals surface area contributed by atoms with Crippen molar-refractivity contribution >= 4 is 69.4 Å². The van der Waals surface area contributed by atoms with Crippen molar-refractivity contribution in [2.24, 2.45) is 0 Å². The molecule has 8 aromatic rings. The molecule has 15 heteroatoms. The molecule has 0 saturated heterocycles. The minimum Gasteiger partial charge on any atom is -0.325 e. The number of benzene rings is 4. The number of thiophene rings is 2. The molecule has 0 aliphatic rings. The van der Waals surface area contributed by atoms with Crippen molar-refractivity contribution < 1.29 is 14.0 Å². The van der Waals surface area contributed by atoms with E-state index in [1.165, 1.54) is 35.7 Å². The molecule has 290 valence electrons. The van der Waals surface area contributed by atoms with Crippen molar-refractivity contribution in [2.45, 2.75) is 29.8 Å². The van der Waals surface area contributed by atoms with Crippen LogP contribution in [-0.2, 0) is 16.1 Å². The highest BCUT2D eigenvalue weighted by Gasteiger charge is 2.23. The maximum Gasteiger partial charge on any atom is 0.234 e. The number of rotatable bonds is 15. The van der Waals surface area contributed by atoms with E-state index in [2.05, 4.69) is 66.1 Å². The molecule has 0 aliphatic carbocycles. The van der Waals surface area contributed by atoms with E-state index in [9.17, 15) is 14.0 Å². The molecule has 0 aliphatic heterocycles. The van der Waals surface area contributed by atoms with Crippen molar-refractivity contribution in [1.29, 1.82) is 0 Å². The minimum atomic E-state index is -0.299. The number of carbonyl (C=O) groups excluding carboxylic acids is 2.